The molecule has 10 nitrogen and oxygen atoms in total. The number of fused-ring (bicyclic) bond motifs is 2. The van der Waals surface area contributed by atoms with Gasteiger partial charge in [-0.05, 0) is 25.1 Å². The lowest BCUT2D eigenvalue weighted by molar-refractivity contribution is -0.118. The molecule has 0 saturated heterocycles. The molecule has 0 saturated carbocycles. The highest BCUT2D eigenvalue weighted by Gasteiger charge is 2.19. The molecule has 0 radical (unpaired) electrons. The molecule has 0 aliphatic rings. The Bertz CT molecular complexity index is 1800. The van der Waals surface area contributed by atoms with Crippen LogP contribution in [0.5, 0.6) is 0 Å². The maximum absolute atomic E-state index is 15.1. The van der Waals surface area contributed by atoms with Crippen LogP contribution < -0.4 is 5.32 Å². The molecule has 11 heteroatoms. The highest BCUT2D eigenvalue weighted by Crippen LogP contribution is 2.33. The van der Waals surface area contributed by atoms with E-state index in [2.05, 4.69) is 35.5 Å². The molecule has 5 aromatic heterocycles. The van der Waals surface area contributed by atoms with Crippen molar-refractivity contribution in [3.63, 3.8) is 0 Å². The van der Waals surface area contributed by atoms with Gasteiger partial charge in [0.1, 0.15) is 23.4 Å². The number of aromatic nitrogens is 8. The molecule has 1 amide bonds. The largest absolute Gasteiger partial charge is 0.336 e. The van der Waals surface area contributed by atoms with E-state index in [1.165, 1.54) is 12.3 Å². The molecule has 6 rings (SSSR count). The third-order valence-corrected chi connectivity index (χ3v) is 6.05. The fourth-order valence-corrected chi connectivity index (χ4v) is 4.14. The van der Waals surface area contributed by atoms with E-state index in [9.17, 15) is 4.79 Å². The summed E-state index contributed by atoms with van der Waals surface area (Å²) in [5.41, 5.74) is 4.72. The van der Waals surface area contributed by atoms with E-state index in [4.69, 9.17) is 4.98 Å². The number of hydrogen-bond acceptors (Lipinski definition) is 6. The molecule has 6 aromatic rings. The molecule has 1 aromatic carbocycles. The summed E-state index contributed by atoms with van der Waals surface area (Å²) in [5, 5.41) is 10.8. The van der Waals surface area contributed by atoms with Crippen molar-refractivity contribution in [3.05, 3.63) is 66.9 Å². The maximum Gasteiger partial charge on any atom is 0.226 e. The monoisotopic (exact) mass is 495 g/mol. The first-order valence-electron chi connectivity index (χ1n) is 11.7. The summed E-state index contributed by atoms with van der Waals surface area (Å²) in [5.74, 6) is 0.377. The predicted molar refractivity (Wildman–Crippen MR) is 137 cm³/mol. The van der Waals surface area contributed by atoms with Gasteiger partial charge in [-0.15, -0.1) is 0 Å². The number of carbonyl (C=O) groups excluding carboxylic acids is 1. The highest BCUT2D eigenvalue weighted by atomic mass is 19.1. The molecule has 0 atom stereocenters. The van der Waals surface area contributed by atoms with Crippen LogP contribution in [0.15, 0.2) is 55.4 Å². The summed E-state index contributed by atoms with van der Waals surface area (Å²) in [6.07, 6.45) is 8.35. The Morgan fingerprint density at radius 1 is 1.14 bits per heavy atom. The van der Waals surface area contributed by atoms with Gasteiger partial charge in [0.2, 0.25) is 5.91 Å². The molecular weight excluding hydrogens is 473 g/mol. The summed E-state index contributed by atoms with van der Waals surface area (Å²) >= 11 is 0. The lowest BCUT2D eigenvalue weighted by Crippen LogP contribution is -2.17. The van der Waals surface area contributed by atoms with Crippen molar-refractivity contribution in [3.8, 4) is 28.5 Å². The van der Waals surface area contributed by atoms with E-state index in [-0.39, 0.29) is 11.8 Å². The number of hydrogen-bond donors (Lipinski definition) is 3. The van der Waals surface area contributed by atoms with Gasteiger partial charge in [0.25, 0.3) is 0 Å². The van der Waals surface area contributed by atoms with Gasteiger partial charge in [-0.25, -0.2) is 19.3 Å². The number of nitrogens with one attached hydrogen (secondary N) is 3. The first kappa shape index (κ1) is 22.5. The standard InChI is InChI=1S/C26H22FN9O/c1-13(2)26(37)31-16-6-15(9-28-10-16)17-7-18-21(8-19(17)27)34-35-22(18)24-32-20-4-5-29-25(23(20)33-24)36-11-14(3)30-12-36/h4-13H,1-3H3,(H,31,37)(H,32,33)(H,34,35). The Hall–Kier alpha value is -4.93. The third kappa shape index (κ3) is 3.99. The summed E-state index contributed by atoms with van der Waals surface area (Å²) in [4.78, 5) is 33.1. The third-order valence-electron chi connectivity index (χ3n) is 6.05. The molecular formula is C26H22FN9O. The number of aryl methyl sites for hydroxylation is 1. The molecule has 0 spiro atoms. The highest BCUT2D eigenvalue weighted by molar-refractivity contribution is 5.97. The minimum atomic E-state index is -0.441. The molecule has 0 unspecified atom stereocenters. The number of benzene rings is 1. The fourth-order valence-electron chi connectivity index (χ4n) is 4.14. The number of H-pyrrole nitrogens is 2. The number of carbonyl (C=O) groups is 1. The molecule has 0 bridgehead atoms. The van der Waals surface area contributed by atoms with Gasteiger partial charge in [-0.2, -0.15) is 5.10 Å². The first-order chi connectivity index (χ1) is 17.9. The topological polar surface area (TPSA) is 130 Å². The molecule has 184 valence electrons. The Morgan fingerprint density at radius 2 is 2.00 bits per heavy atom. The molecule has 5 heterocycles. The van der Waals surface area contributed by atoms with Gasteiger partial charge >= 0.3 is 0 Å². The molecule has 0 aliphatic heterocycles. The van der Waals surface area contributed by atoms with Crippen molar-refractivity contribution in [1.82, 2.24) is 39.7 Å². The predicted octanol–water partition coefficient (Wildman–Crippen LogP) is 4.79. The maximum atomic E-state index is 15.1. The number of pyridine rings is 2. The van der Waals surface area contributed by atoms with Crippen LogP contribution in [-0.2, 0) is 4.79 Å². The van der Waals surface area contributed by atoms with Crippen LogP contribution >= 0.6 is 0 Å². The minimum absolute atomic E-state index is 0.142. The second-order valence-electron chi connectivity index (χ2n) is 9.09. The fraction of sp³-hybridized carbons (Fsp3) is 0.154. The van der Waals surface area contributed by atoms with E-state index in [0.717, 1.165) is 11.2 Å². The van der Waals surface area contributed by atoms with E-state index >= 15 is 4.39 Å². The van der Waals surface area contributed by atoms with E-state index in [1.54, 1.807) is 44.7 Å². The lowest BCUT2D eigenvalue weighted by atomic mass is 10.0. The van der Waals surface area contributed by atoms with Crippen molar-refractivity contribution in [2.45, 2.75) is 20.8 Å². The van der Waals surface area contributed by atoms with Crippen LogP contribution in [0, 0.1) is 18.7 Å². The van der Waals surface area contributed by atoms with Gasteiger partial charge in [-0.1, -0.05) is 13.8 Å². The Kier molecular flexibility index (Phi) is 5.25. The number of amides is 1. The summed E-state index contributed by atoms with van der Waals surface area (Å²) in [7, 11) is 0. The quantitative estimate of drug-likeness (QED) is 0.315. The van der Waals surface area contributed by atoms with Crippen molar-refractivity contribution in [1.29, 1.82) is 0 Å². The van der Waals surface area contributed by atoms with Crippen molar-refractivity contribution in [2.75, 3.05) is 5.32 Å². The minimum Gasteiger partial charge on any atom is -0.336 e. The van der Waals surface area contributed by atoms with Gasteiger partial charge in [0, 0.05) is 47.1 Å². The van der Waals surface area contributed by atoms with Crippen LogP contribution in [0.4, 0.5) is 10.1 Å². The van der Waals surface area contributed by atoms with Crippen LogP contribution in [0.25, 0.3) is 50.4 Å². The van der Waals surface area contributed by atoms with Gasteiger partial charge < -0.3 is 10.3 Å². The normalized spacial score (nSPS) is 11.6. The van der Waals surface area contributed by atoms with Crippen LogP contribution in [0.3, 0.4) is 0 Å². The average molecular weight is 496 g/mol. The van der Waals surface area contributed by atoms with Crippen LogP contribution in [-0.4, -0.2) is 45.6 Å². The molecule has 0 aliphatic carbocycles. The van der Waals surface area contributed by atoms with E-state index < -0.39 is 5.82 Å². The van der Waals surface area contributed by atoms with Crippen molar-refractivity contribution >= 4 is 33.5 Å². The summed E-state index contributed by atoms with van der Waals surface area (Å²) in [6.45, 7) is 5.50. The van der Waals surface area contributed by atoms with Gasteiger partial charge in [0.15, 0.2) is 11.6 Å². The van der Waals surface area contributed by atoms with Crippen LogP contribution in [0.1, 0.15) is 19.5 Å². The number of halogens is 1. The lowest BCUT2D eigenvalue weighted by Gasteiger charge is -2.09. The Labute approximate surface area is 210 Å². The van der Waals surface area contributed by atoms with E-state index in [0.29, 0.717) is 50.6 Å². The van der Waals surface area contributed by atoms with Gasteiger partial charge in [0.05, 0.1) is 28.6 Å². The Balaban J connectivity index is 1.44. The van der Waals surface area contributed by atoms with Crippen molar-refractivity contribution in [2.24, 2.45) is 5.92 Å². The van der Waals surface area contributed by atoms with Crippen LogP contribution in [0.2, 0.25) is 0 Å². The zero-order chi connectivity index (χ0) is 25.7. The number of anilines is 1. The second kappa shape index (κ2) is 8.63. The average Bonchev–Trinajstić information content (AvgIpc) is 3.60. The SMILES string of the molecule is Cc1cn(-c2nccc3[nH]c(-c4n[nH]c5cc(F)c(-c6cncc(NC(=O)C(C)C)c6)cc45)nc23)cn1. The zero-order valence-electron chi connectivity index (χ0n) is 20.2. The second-order valence-corrected chi connectivity index (χ2v) is 9.09. The summed E-state index contributed by atoms with van der Waals surface area (Å²) in [6, 6.07) is 6.63. The molecule has 0 fully saturated rings. The van der Waals surface area contributed by atoms with Gasteiger partial charge in [-0.3, -0.25) is 19.4 Å². The number of nitrogens with zero attached hydrogens (tertiary/aromatic N) is 6. The number of rotatable bonds is 5. The number of imidazole rings is 2. The molecule has 3 N–H and O–H groups in total. The molecule has 37 heavy (non-hydrogen) atoms. The Morgan fingerprint density at radius 3 is 2.78 bits per heavy atom. The zero-order valence-corrected chi connectivity index (χ0v) is 20.2. The first-order valence-corrected chi connectivity index (χ1v) is 11.7. The smallest absolute Gasteiger partial charge is 0.226 e. The van der Waals surface area contributed by atoms with E-state index in [1.807, 2.05) is 23.8 Å². The van der Waals surface area contributed by atoms with Crippen molar-refractivity contribution < 1.29 is 9.18 Å². The number of aromatic amines is 2. The summed E-state index contributed by atoms with van der Waals surface area (Å²) < 4.78 is 17.0.